The molecule has 8 heteroatoms. The fraction of sp³-hybridized carbons (Fsp3) is 0.588. The molecule has 3 heterocycles. The molecule has 2 aromatic rings. The quantitative estimate of drug-likeness (QED) is 0.854. The SMILES string of the molecule is CC[C@H](C(=O)Nc1cc(C)on1)N1CCO[C@@H](Cn2cc(C)cn2)C1. The van der Waals surface area contributed by atoms with Crippen LogP contribution in [0.3, 0.4) is 0 Å². The Labute approximate surface area is 147 Å². The molecule has 1 aliphatic rings. The number of hydrogen-bond donors (Lipinski definition) is 1. The summed E-state index contributed by atoms with van der Waals surface area (Å²) in [5.41, 5.74) is 1.13. The molecule has 25 heavy (non-hydrogen) atoms. The number of nitrogens with zero attached hydrogens (tertiary/aromatic N) is 4. The Hall–Kier alpha value is -2.19. The van der Waals surface area contributed by atoms with Crippen molar-refractivity contribution in [3.05, 3.63) is 29.8 Å². The number of aromatic nitrogens is 3. The number of hydrogen-bond acceptors (Lipinski definition) is 6. The van der Waals surface area contributed by atoms with Gasteiger partial charge in [-0.2, -0.15) is 5.10 Å². The highest BCUT2D eigenvalue weighted by atomic mass is 16.5. The Morgan fingerprint density at radius 2 is 2.32 bits per heavy atom. The average molecular weight is 347 g/mol. The predicted molar refractivity (Wildman–Crippen MR) is 92.2 cm³/mol. The van der Waals surface area contributed by atoms with Gasteiger partial charge in [-0.05, 0) is 25.8 Å². The standard InChI is InChI=1S/C17H25N5O3/c1-4-15(17(23)19-16-7-13(3)25-20-16)21-5-6-24-14(10-21)11-22-9-12(2)8-18-22/h7-9,14-15H,4-6,10-11H2,1-3H3,(H,19,20,23)/t14-,15-/m1/s1. The van der Waals surface area contributed by atoms with Crippen LogP contribution in [0.15, 0.2) is 23.0 Å². The fourth-order valence-corrected chi connectivity index (χ4v) is 3.16. The van der Waals surface area contributed by atoms with Gasteiger partial charge < -0.3 is 14.6 Å². The van der Waals surface area contributed by atoms with Gasteiger partial charge in [0.1, 0.15) is 5.76 Å². The maximum absolute atomic E-state index is 12.6. The van der Waals surface area contributed by atoms with Crippen LogP contribution < -0.4 is 5.32 Å². The number of anilines is 1. The van der Waals surface area contributed by atoms with Gasteiger partial charge in [-0.15, -0.1) is 0 Å². The summed E-state index contributed by atoms with van der Waals surface area (Å²) in [5.74, 6) is 1.06. The molecular formula is C17H25N5O3. The molecule has 0 spiro atoms. The maximum atomic E-state index is 12.6. The van der Waals surface area contributed by atoms with E-state index in [9.17, 15) is 4.79 Å². The van der Waals surface area contributed by atoms with E-state index in [0.717, 1.165) is 18.5 Å². The number of carbonyl (C=O) groups is 1. The van der Waals surface area contributed by atoms with Gasteiger partial charge in [0, 0.05) is 25.4 Å². The van der Waals surface area contributed by atoms with Crippen molar-refractivity contribution in [2.75, 3.05) is 25.0 Å². The first kappa shape index (κ1) is 17.6. The highest BCUT2D eigenvalue weighted by molar-refractivity contribution is 5.94. The van der Waals surface area contributed by atoms with Gasteiger partial charge in [0.25, 0.3) is 0 Å². The van der Waals surface area contributed by atoms with E-state index in [1.165, 1.54) is 0 Å². The Morgan fingerprint density at radius 3 is 2.96 bits per heavy atom. The zero-order valence-electron chi connectivity index (χ0n) is 14.9. The van der Waals surface area contributed by atoms with E-state index in [0.29, 0.717) is 31.3 Å². The Kier molecular flexibility index (Phi) is 5.50. The largest absolute Gasteiger partial charge is 0.374 e. The minimum atomic E-state index is -0.220. The van der Waals surface area contributed by atoms with E-state index in [2.05, 4.69) is 20.5 Å². The lowest BCUT2D eigenvalue weighted by molar-refractivity contribution is -0.125. The van der Waals surface area contributed by atoms with Gasteiger partial charge in [0.15, 0.2) is 5.82 Å². The molecule has 136 valence electrons. The summed E-state index contributed by atoms with van der Waals surface area (Å²) in [4.78, 5) is 14.8. The lowest BCUT2D eigenvalue weighted by atomic mass is 10.1. The second-order valence-electron chi connectivity index (χ2n) is 6.46. The second-order valence-corrected chi connectivity index (χ2v) is 6.46. The molecule has 1 saturated heterocycles. The van der Waals surface area contributed by atoms with Crippen LogP contribution in [0.5, 0.6) is 0 Å². The van der Waals surface area contributed by atoms with Crippen LogP contribution in [-0.2, 0) is 16.1 Å². The van der Waals surface area contributed by atoms with Crippen molar-refractivity contribution in [2.24, 2.45) is 0 Å². The smallest absolute Gasteiger partial charge is 0.242 e. The third-order valence-electron chi connectivity index (χ3n) is 4.33. The molecule has 1 N–H and O–H groups in total. The van der Waals surface area contributed by atoms with Crippen molar-refractivity contribution < 1.29 is 14.1 Å². The minimum absolute atomic E-state index is 0.0178. The summed E-state index contributed by atoms with van der Waals surface area (Å²) >= 11 is 0. The van der Waals surface area contributed by atoms with Crippen LogP contribution in [0.25, 0.3) is 0 Å². The summed E-state index contributed by atoms with van der Waals surface area (Å²) in [5, 5.41) is 11.0. The lowest BCUT2D eigenvalue weighted by Gasteiger charge is -2.37. The van der Waals surface area contributed by atoms with Crippen molar-refractivity contribution in [3.63, 3.8) is 0 Å². The molecule has 0 aliphatic carbocycles. The van der Waals surface area contributed by atoms with Gasteiger partial charge in [-0.3, -0.25) is 14.4 Å². The molecule has 1 aliphatic heterocycles. The number of amides is 1. The number of ether oxygens (including phenoxy) is 1. The van der Waals surface area contributed by atoms with E-state index in [4.69, 9.17) is 9.26 Å². The summed E-state index contributed by atoms with van der Waals surface area (Å²) in [6, 6.07) is 1.50. The number of morpholine rings is 1. The molecule has 0 saturated carbocycles. The van der Waals surface area contributed by atoms with Gasteiger partial charge in [-0.1, -0.05) is 12.1 Å². The molecular weight excluding hydrogens is 322 g/mol. The van der Waals surface area contributed by atoms with Crippen LogP contribution in [0.4, 0.5) is 5.82 Å². The molecule has 8 nitrogen and oxygen atoms in total. The van der Waals surface area contributed by atoms with E-state index < -0.39 is 0 Å². The van der Waals surface area contributed by atoms with Crippen molar-refractivity contribution in [1.29, 1.82) is 0 Å². The van der Waals surface area contributed by atoms with E-state index >= 15 is 0 Å². The first-order chi connectivity index (χ1) is 12.0. The monoisotopic (exact) mass is 347 g/mol. The molecule has 2 aromatic heterocycles. The Bertz CT molecular complexity index is 711. The molecule has 1 fully saturated rings. The zero-order chi connectivity index (χ0) is 17.8. The first-order valence-electron chi connectivity index (χ1n) is 8.64. The van der Waals surface area contributed by atoms with Gasteiger partial charge >= 0.3 is 0 Å². The average Bonchev–Trinajstić information content (AvgIpc) is 3.17. The van der Waals surface area contributed by atoms with Crippen LogP contribution in [-0.4, -0.2) is 57.6 Å². The summed E-state index contributed by atoms with van der Waals surface area (Å²) in [6.07, 6.45) is 4.57. The van der Waals surface area contributed by atoms with Gasteiger partial charge in [0.05, 0.1) is 31.5 Å². The third-order valence-corrected chi connectivity index (χ3v) is 4.33. The highest BCUT2D eigenvalue weighted by Gasteiger charge is 2.30. The molecule has 0 bridgehead atoms. The van der Waals surface area contributed by atoms with Crippen molar-refractivity contribution >= 4 is 11.7 Å². The molecule has 0 radical (unpaired) electrons. The van der Waals surface area contributed by atoms with E-state index in [1.807, 2.05) is 30.9 Å². The van der Waals surface area contributed by atoms with Crippen LogP contribution in [0.2, 0.25) is 0 Å². The number of carbonyl (C=O) groups excluding carboxylic acids is 1. The molecule has 0 aromatic carbocycles. The maximum Gasteiger partial charge on any atom is 0.242 e. The Balaban J connectivity index is 1.60. The summed E-state index contributed by atoms with van der Waals surface area (Å²) in [6.45, 7) is 8.55. The van der Waals surface area contributed by atoms with E-state index in [-0.39, 0.29) is 18.1 Å². The topological polar surface area (TPSA) is 85.4 Å². The Morgan fingerprint density at radius 1 is 1.48 bits per heavy atom. The van der Waals surface area contributed by atoms with Crippen molar-refractivity contribution in [2.45, 2.75) is 45.9 Å². The predicted octanol–water partition coefficient (Wildman–Crippen LogP) is 1.61. The van der Waals surface area contributed by atoms with Crippen molar-refractivity contribution in [1.82, 2.24) is 19.8 Å². The summed E-state index contributed by atoms with van der Waals surface area (Å²) < 4.78 is 12.7. The first-order valence-corrected chi connectivity index (χ1v) is 8.64. The minimum Gasteiger partial charge on any atom is -0.374 e. The van der Waals surface area contributed by atoms with Crippen molar-refractivity contribution in [3.8, 4) is 0 Å². The highest BCUT2D eigenvalue weighted by Crippen LogP contribution is 2.16. The number of aryl methyl sites for hydroxylation is 2. The lowest BCUT2D eigenvalue weighted by Crippen LogP contribution is -2.52. The van der Waals surface area contributed by atoms with Gasteiger partial charge in [0.2, 0.25) is 5.91 Å². The third kappa shape index (κ3) is 4.46. The summed E-state index contributed by atoms with van der Waals surface area (Å²) in [7, 11) is 0. The van der Waals surface area contributed by atoms with Crippen LogP contribution in [0.1, 0.15) is 24.7 Å². The molecule has 0 unspecified atom stereocenters. The fourth-order valence-electron chi connectivity index (χ4n) is 3.16. The second kappa shape index (κ2) is 7.79. The number of nitrogens with one attached hydrogen (secondary N) is 1. The molecule has 1 amide bonds. The normalized spacial score (nSPS) is 19.7. The van der Waals surface area contributed by atoms with E-state index in [1.54, 1.807) is 13.0 Å². The van der Waals surface area contributed by atoms with Gasteiger partial charge in [-0.25, -0.2) is 0 Å². The molecule has 2 atom stereocenters. The molecule has 3 rings (SSSR count). The van der Waals surface area contributed by atoms with Crippen LogP contribution in [0, 0.1) is 13.8 Å². The number of rotatable bonds is 6. The van der Waals surface area contributed by atoms with Crippen LogP contribution >= 0.6 is 0 Å². The zero-order valence-corrected chi connectivity index (χ0v) is 14.9.